The molecule has 2 aliphatic rings. The fraction of sp³-hybridized carbons (Fsp3) is 0.0351. The third-order valence-electron chi connectivity index (χ3n) is 12.9. The van der Waals surface area contributed by atoms with Crippen LogP contribution in [0.5, 0.6) is 0 Å². The summed E-state index contributed by atoms with van der Waals surface area (Å²) in [5, 5.41) is 4.90. The van der Waals surface area contributed by atoms with Crippen molar-refractivity contribution >= 4 is 66.6 Å². The molecule has 6 nitrogen and oxygen atoms in total. The van der Waals surface area contributed by atoms with Gasteiger partial charge in [-0.15, -0.1) is 0 Å². The van der Waals surface area contributed by atoms with E-state index in [0.717, 1.165) is 50.4 Å². The van der Waals surface area contributed by atoms with Crippen LogP contribution in [0.25, 0.3) is 88.9 Å². The summed E-state index contributed by atoms with van der Waals surface area (Å²) in [5.41, 5.74) is 13.3. The van der Waals surface area contributed by atoms with Gasteiger partial charge in [0.1, 0.15) is 0 Å². The van der Waals surface area contributed by atoms with Gasteiger partial charge in [-0.1, -0.05) is 176 Å². The highest BCUT2D eigenvalue weighted by molar-refractivity contribution is 6.13. The minimum atomic E-state index is -0.215. The Bertz CT molecular complexity index is 3550. The molecule has 0 fully saturated rings. The molecule has 0 spiro atoms. The first-order valence-corrected chi connectivity index (χ1v) is 21.5. The number of rotatable bonds is 6. The summed E-state index contributed by atoms with van der Waals surface area (Å²) in [6.07, 6.45) is 4.89. The number of nitrogens with zero attached hydrogens (tertiary/aromatic N) is 6. The second-order valence-electron chi connectivity index (χ2n) is 16.4. The highest BCUT2D eigenvalue weighted by Gasteiger charge is 2.45. The summed E-state index contributed by atoms with van der Waals surface area (Å²) in [7, 11) is 0. The van der Waals surface area contributed by atoms with E-state index in [1.165, 1.54) is 38.1 Å². The van der Waals surface area contributed by atoms with Gasteiger partial charge >= 0.3 is 0 Å². The molecule has 0 bridgehead atoms. The summed E-state index contributed by atoms with van der Waals surface area (Å²) < 4.78 is 4.94. The normalized spacial score (nSPS) is 15.8. The van der Waals surface area contributed by atoms with Crippen LogP contribution in [0.4, 0.5) is 11.6 Å². The SMILES string of the molecule is C1=C(n2c3ccccc3c3ccccc32)C=C(n2c3ccccc3c3ccccc32)C2C1c1ccccc1N2c1nc(-c2ccccc2)nc(-c2cccc(-c3ccccc3)c2)n1. The lowest BCUT2D eigenvalue weighted by molar-refractivity contribution is 0.719. The van der Waals surface area contributed by atoms with Crippen molar-refractivity contribution in [3.63, 3.8) is 0 Å². The number of hydrogen-bond donors (Lipinski definition) is 0. The van der Waals surface area contributed by atoms with E-state index < -0.39 is 0 Å². The van der Waals surface area contributed by atoms with Gasteiger partial charge in [-0.25, -0.2) is 4.98 Å². The third-order valence-corrected chi connectivity index (χ3v) is 12.9. The summed E-state index contributed by atoms with van der Waals surface area (Å²) in [4.78, 5) is 18.5. The highest BCUT2D eigenvalue weighted by atomic mass is 15.3. The molecular weight excluding hydrogens is 769 g/mol. The predicted octanol–water partition coefficient (Wildman–Crippen LogP) is 13.8. The number of fused-ring (bicyclic) bond motifs is 9. The molecule has 11 aromatic rings. The summed E-state index contributed by atoms with van der Waals surface area (Å²) in [5.74, 6) is 1.79. The lowest BCUT2D eigenvalue weighted by atomic mass is 9.87. The van der Waals surface area contributed by atoms with Crippen LogP contribution in [-0.2, 0) is 0 Å². The minimum absolute atomic E-state index is 0.0575. The minimum Gasteiger partial charge on any atom is -0.311 e. The summed E-state index contributed by atoms with van der Waals surface area (Å²) >= 11 is 0. The maximum absolute atomic E-state index is 5.47. The molecule has 6 heteroatoms. The Morgan fingerprint density at radius 2 is 0.857 bits per heavy atom. The number of hydrogen-bond acceptors (Lipinski definition) is 4. The first-order chi connectivity index (χ1) is 31.3. The summed E-state index contributed by atoms with van der Waals surface area (Å²) in [6.45, 7) is 0. The predicted molar refractivity (Wildman–Crippen MR) is 259 cm³/mol. The second-order valence-corrected chi connectivity index (χ2v) is 16.4. The molecule has 3 aromatic heterocycles. The van der Waals surface area contributed by atoms with Crippen LogP contribution in [0.1, 0.15) is 11.5 Å². The topological polar surface area (TPSA) is 51.8 Å². The van der Waals surface area contributed by atoms with Crippen molar-refractivity contribution in [1.29, 1.82) is 0 Å². The van der Waals surface area contributed by atoms with Crippen molar-refractivity contribution in [3.8, 4) is 33.9 Å². The van der Waals surface area contributed by atoms with E-state index in [0.29, 0.717) is 17.6 Å². The van der Waals surface area contributed by atoms with Crippen molar-refractivity contribution in [2.75, 3.05) is 4.90 Å². The quantitative estimate of drug-likeness (QED) is 0.168. The van der Waals surface area contributed by atoms with Crippen molar-refractivity contribution in [2.24, 2.45) is 0 Å². The van der Waals surface area contributed by atoms with E-state index in [1.54, 1.807) is 0 Å². The Morgan fingerprint density at radius 3 is 1.48 bits per heavy atom. The van der Waals surface area contributed by atoms with Crippen molar-refractivity contribution in [3.05, 3.63) is 224 Å². The molecule has 2 unspecified atom stereocenters. The molecule has 1 aliphatic heterocycles. The van der Waals surface area contributed by atoms with Gasteiger partial charge in [0.2, 0.25) is 5.95 Å². The zero-order valence-corrected chi connectivity index (χ0v) is 34.1. The zero-order chi connectivity index (χ0) is 41.4. The van der Waals surface area contributed by atoms with Gasteiger partial charge in [0, 0.05) is 55.7 Å². The van der Waals surface area contributed by atoms with Crippen LogP contribution in [-0.4, -0.2) is 30.1 Å². The van der Waals surface area contributed by atoms with E-state index in [4.69, 9.17) is 15.0 Å². The maximum atomic E-state index is 5.47. The maximum Gasteiger partial charge on any atom is 0.234 e. The van der Waals surface area contributed by atoms with Gasteiger partial charge in [-0.2, -0.15) is 9.97 Å². The molecule has 0 radical (unpaired) electrons. The molecule has 0 saturated heterocycles. The Kier molecular flexibility index (Phi) is 7.93. The average Bonchev–Trinajstić information content (AvgIpc) is 4.00. The molecule has 63 heavy (non-hydrogen) atoms. The number of benzene rings is 8. The van der Waals surface area contributed by atoms with Crippen LogP contribution in [0.2, 0.25) is 0 Å². The Hall–Kier alpha value is -8.35. The molecule has 0 saturated carbocycles. The van der Waals surface area contributed by atoms with E-state index >= 15 is 0 Å². The van der Waals surface area contributed by atoms with Crippen LogP contribution in [0.15, 0.2) is 218 Å². The highest BCUT2D eigenvalue weighted by Crippen LogP contribution is 2.53. The van der Waals surface area contributed by atoms with E-state index in [9.17, 15) is 0 Å². The monoisotopic (exact) mass is 806 g/mol. The van der Waals surface area contributed by atoms with Crippen molar-refractivity contribution in [2.45, 2.75) is 12.0 Å². The van der Waals surface area contributed by atoms with Gasteiger partial charge < -0.3 is 14.0 Å². The average molecular weight is 807 g/mol. The Morgan fingerprint density at radius 1 is 0.381 bits per heavy atom. The summed E-state index contributed by atoms with van der Waals surface area (Å²) in [6, 6.07) is 73.0. The molecule has 0 N–H and O–H groups in total. The molecular formula is C57H38N6. The molecule has 4 heterocycles. The number of aromatic nitrogens is 5. The van der Waals surface area contributed by atoms with Crippen LogP contribution in [0, 0.1) is 0 Å². The standard InChI is InChI=1S/C57H38N6/c1-3-18-37(19-4-1)39-22-17-23-40(34-39)56-58-55(38-20-5-2-6-21-38)59-57(60-56)63-52-33-16-11-28-46(52)47-35-41(61-48-29-12-7-24-42(48)43-25-8-13-30-49(43)61)36-53(54(47)63)62-50-31-14-9-26-44(50)45-27-10-15-32-51(45)62/h1-36,47,54H. The van der Waals surface area contributed by atoms with Crippen LogP contribution >= 0.6 is 0 Å². The van der Waals surface area contributed by atoms with Crippen molar-refractivity contribution in [1.82, 2.24) is 24.1 Å². The Balaban J connectivity index is 1.09. The van der Waals surface area contributed by atoms with Gasteiger partial charge in [-0.05, 0) is 59.2 Å². The van der Waals surface area contributed by atoms with Gasteiger partial charge in [0.15, 0.2) is 11.6 Å². The number of para-hydroxylation sites is 5. The Labute approximate surface area is 364 Å². The molecule has 2 atom stereocenters. The first kappa shape index (κ1) is 35.4. The second kappa shape index (κ2) is 14.1. The van der Waals surface area contributed by atoms with Gasteiger partial charge in [-0.3, -0.25) is 0 Å². The molecule has 8 aromatic carbocycles. The van der Waals surface area contributed by atoms with E-state index in [1.807, 2.05) is 24.3 Å². The third kappa shape index (κ3) is 5.55. The largest absolute Gasteiger partial charge is 0.311 e. The van der Waals surface area contributed by atoms with E-state index in [-0.39, 0.29) is 12.0 Å². The van der Waals surface area contributed by atoms with Gasteiger partial charge in [0.25, 0.3) is 0 Å². The van der Waals surface area contributed by atoms with E-state index in [2.05, 4.69) is 208 Å². The van der Waals surface area contributed by atoms with Crippen LogP contribution in [0.3, 0.4) is 0 Å². The molecule has 1 aliphatic carbocycles. The lowest BCUT2D eigenvalue weighted by Crippen LogP contribution is -2.36. The number of allylic oxidation sites excluding steroid dienone is 2. The zero-order valence-electron chi connectivity index (χ0n) is 34.1. The molecule has 296 valence electrons. The molecule has 0 amide bonds. The molecule has 13 rings (SSSR count). The van der Waals surface area contributed by atoms with Crippen LogP contribution < -0.4 is 4.90 Å². The van der Waals surface area contributed by atoms with Gasteiger partial charge in [0.05, 0.1) is 28.1 Å². The van der Waals surface area contributed by atoms with Crippen molar-refractivity contribution < 1.29 is 0 Å². The fourth-order valence-electron chi connectivity index (χ4n) is 10.2. The fourth-order valence-corrected chi connectivity index (χ4v) is 10.2. The number of anilines is 2. The smallest absolute Gasteiger partial charge is 0.234 e. The lowest BCUT2D eigenvalue weighted by Gasteiger charge is -2.34. The first-order valence-electron chi connectivity index (χ1n) is 21.5.